The number of rotatable bonds is 2. The molecule has 1 amide bonds. The van der Waals surface area contributed by atoms with Gasteiger partial charge in [-0.25, -0.2) is 4.98 Å². The summed E-state index contributed by atoms with van der Waals surface area (Å²) in [6.07, 6.45) is 6.56. The Labute approximate surface area is 130 Å². The Bertz CT molecular complexity index is 453. The molecule has 1 fully saturated rings. The molecule has 2 heterocycles. The van der Waals surface area contributed by atoms with Crippen LogP contribution in [0.3, 0.4) is 0 Å². The van der Waals surface area contributed by atoms with E-state index in [1.54, 1.807) is 11.3 Å². The zero-order chi connectivity index (χ0) is 13.2. The second-order valence-electron chi connectivity index (χ2n) is 5.66. The number of carbonyl (C=O) groups is 1. The molecule has 2 N–H and O–H groups in total. The lowest BCUT2D eigenvalue weighted by molar-refractivity contribution is -0.120. The van der Waals surface area contributed by atoms with E-state index in [1.165, 1.54) is 23.4 Å². The topological polar surface area (TPSA) is 54.0 Å². The molecule has 0 aromatic carbocycles. The van der Waals surface area contributed by atoms with Crippen LogP contribution in [0.2, 0.25) is 0 Å². The summed E-state index contributed by atoms with van der Waals surface area (Å²) in [6, 6.07) is 0.439. The number of hydrogen-bond donors (Lipinski definition) is 2. The molecule has 0 unspecified atom stereocenters. The smallest absolute Gasteiger partial charge is 0.229 e. The lowest BCUT2D eigenvalue weighted by atomic mass is 9.92. The Morgan fingerprint density at radius 1 is 1.40 bits per heavy atom. The van der Waals surface area contributed by atoms with Crippen LogP contribution in [0, 0.1) is 5.92 Å². The molecule has 1 aromatic rings. The van der Waals surface area contributed by atoms with Crippen LogP contribution in [-0.2, 0) is 17.6 Å². The van der Waals surface area contributed by atoms with Gasteiger partial charge in [-0.2, -0.15) is 0 Å². The molecule has 20 heavy (non-hydrogen) atoms. The minimum atomic E-state index is 0. The highest BCUT2D eigenvalue weighted by Crippen LogP contribution is 2.30. The van der Waals surface area contributed by atoms with Crippen molar-refractivity contribution in [3.63, 3.8) is 0 Å². The van der Waals surface area contributed by atoms with Crippen LogP contribution < -0.4 is 10.6 Å². The van der Waals surface area contributed by atoms with Crippen LogP contribution in [0.4, 0.5) is 5.13 Å². The quantitative estimate of drug-likeness (QED) is 0.882. The molecule has 4 nitrogen and oxygen atoms in total. The van der Waals surface area contributed by atoms with Crippen LogP contribution in [0.15, 0.2) is 0 Å². The summed E-state index contributed by atoms with van der Waals surface area (Å²) in [5, 5.41) is 7.22. The summed E-state index contributed by atoms with van der Waals surface area (Å²) < 4.78 is 0. The van der Waals surface area contributed by atoms with E-state index in [1.807, 2.05) is 0 Å². The highest BCUT2D eigenvalue weighted by molar-refractivity contribution is 7.15. The highest BCUT2D eigenvalue weighted by Gasteiger charge is 2.26. The molecule has 112 valence electrons. The van der Waals surface area contributed by atoms with E-state index < -0.39 is 0 Å². The second kappa shape index (κ2) is 6.87. The lowest BCUT2D eigenvalue weighted by Gasteiger charge is -2.26. The zero-order valence-corrected chi connectivity index (χ0v) is 13.4. The third-order valence-corrected chi connectivity index (χ3v) is 5.14. The summed E-state index contributed by atoms with van der Waals surface area (Å²) in [5.41, 5.74) is 1.21. The Kier molecular flexibility index (Phi) is 5.41. The van der Waals surface area contributed by atoms with Gasteiger partial charge >= 0.3 is 0 Å². The number of anilines is 1. The molecule has 1 aliphatic carbocycles. The van der Waals surface area contributed by atoms with E-state index in [-0.39, 0.29) is 24.2 Å². The van der Waals surface area contributed by atoms with Crippen LogP contribution >= 0.6 is 23.7 Å². The van der Waals surface area contributed by atoms with E-state index in [9.17, 15) is 4.79 Å². The third kappa shape index (κ3) is 3.51. The largest absolute Gasteiger partial charge is 0.314 e. The Hall–Kier alpha value is -0.650. The fourth-order valence-electron chi connectivity index (χ4n) is 2.98. The molecule has 1 saturated heterocycles. The summed E-state index contributed by atoms with van der Waals surface area (Å²) in [4.78, 5) is 18.2. The van der Waals surface area contributed by atoms with Gasteiger partial charge in [0.1, 0.15) is 0 Å². The van der Waals surface area contributed by atoms with Gasteiger partial charge in [-0.15, -0.1) is 23.7 Å². The molecule has 2 aliphatic rings. The van der Waals surface area contributed by atoms with E-state index in [0.717, 1.165) is 37.4 Å². The molecular weight excluding hydrogens is 294 g/mol. The predicted octanol–water partition coefficient (Wildman–Crippen LogP) is 2.77. The summed E-state index contributed by atoms with van der Waals surface area (Å²) >= 11 is 1.67. The SMILES string of the molecule is C[C@H]1C[C@@H](C(=O)Nc2nc3c(s2)CCCC3)CCN1.Cl. The molecule has 2 atom stereocenters. The molecule has 0 bridgehead atoms. The van der Waals surface area contributed by atoms with Gasteiger partial charge < -0.3 is 10.6 Å². The van der Waals surface area contributed by atoms with E-state index in [4.69, 9.17) is 0 Å². The van der Waals surface area contributed by atoms with Gasteiger partial charge in [0.15, 0.2) is 5.13 Å². The lowest BCUT2D eigenvalue weighted by Crippen LogP contribution is -2.40. The van der Waals surface area contributed by atoms with Crippen LogP contribution in [-0.4, -0.2) is 23.5 Å². The second-order valence-corrected chi connectivity index (χ2v) is 6.75. The van der Waals surface area contributed by atoms with Gasteiger partial charge in [0.25, 0.3) is 0 Å². The van der Waals surface area contributed by atoms with Crippen molar-refractivity contribution in [2.24, 2.45) is 5.92 Å². The van der Waals surface area contributed by atoms with Gasteiger partial charge in [0, 0.05) is 16.8 Å². The Morgan fingerprint density at radius 3 is 2.95 bits per heavy atom. The van der Waals surface area contributed by atoms with E-state index >= 15 is 0 Å². The first-order chi connectivity index (χ1) is 9.22. The molecule has 1 aromatic heterocycles. The number of fused-ring (bicyclic) bond motifs is 1. The maximum Gasteiger partial charge on any atom is 0.229 e. The summed E-state index contributed by atoms with van der Waals surface area (Å²) in [5.74, 6) is 0.289. The summed E-state index contributed by atoms with van der Waals surface area (Å²) in [6.45, 7) is 3.08. The molecule has 6 heteroatoms. The molecule has 0 radical (unpaired) electrons. The molecule has 0 spiro atoms. The fourth-order valence-corrected chi connectivity index (χ4v) is 4.04. The van der Waals surface area contributed by atoms with Crippen molar-refractivity contribution >= 4 is 34.8 Å². The Morgan fingerprint density at radius 2 is 2.20 bits per heavy atom. The van der Waals surface area contributed by atoms with Gasteiger partial charge in [-0.1, -0.05) is 0 Å². The normalized spacial score (nSPS) is 25.4. The van der Waals surface area contributed by atoms with Crippen LogP contribution in [0.5, 0.6) is 0 Å². The predicted molar refractivity (Wildman–Crippen MR) is 84.8 cm³/mol. The van der Waals surface area contributed by atoms with Crippen molar-refractivity contribution in [2.45, 2.75) is 51.5 Å². The van der Waals surface area contributed by atoms with E-state index in [0.29, 0.717) is 6.04 Å². The van der Waals surface area contributed by atoms with Gasteiger partial charge in [-0.05, 0) is 52.0 Å². The van der Waals surface area contributed by atoms with Crippen molar-refractivity contribution in [2.75, 3.05) is 11.9 Å². The average Bonchev–Trinajstić information content (AvgIpc) is 2.80. The highest BCUT2D eigenvalue weighted by atomic mass is 35.5. The maximum absolute atomic E-state index is 12.3. The molecule has 0 saturated carbocycles. The number of aryl methyl sites for hydroxylation is 2. The van der Waals surface area contributed by atoms with Gasteiger partial charge in [0.2, 0.25) is 5.91 Å². The maximum atomic E-state index is 12.3. The number of nitrogens with zero attached hydrogens (tertiary/aromatic N) is 1. The van der Waals surface area contributed by atoms with E-state index in [2.05, 4.69) is 22.5 Å². The van der Waals surface area contributed by atoms with Crippen molar-refractivity contribution in [3.05, 3.63) is 10.6 Å². The number of amides is 1. The molecular formula is C14H22ClN3OS. The number of halogens is 1. The first-order valence-electron chi connectivity index (χ1n) is 7.25. The zero-order valence-electron chi connectivity index (χ0n) is 11.8. The number of piperidine rings is 1. The minimum absolute atomic E-state index is 0. The number of aromatic nitrogens is 1. The van der Waals surface area contributed by atoms with Crippen molar-refractivity contribution in [1.29, 1.82) is 0 Å². The number of carbonyl (C=O) groups excluding carboxylic acids is 1. The average molecular weight is 316 g/mol. The summed E-state index contributed by atoms with van der Waals surface area (Å²) in [7, 11) is 0. The first-order valence-corrected chi connectivity index (χ1v) is 8.07. The third-order valence-electron chi connectivity index (χ3n) is 4.07. The number of thiazole rings is 1. The standard InChI is InChI=1S/C14H21N3OS.ClH/c1-9-8-10(6-7-15-9)13(18)17-14-16-11-4-2-3-5-12(11)19-14;/h9-10,15H,2-8H2,1H3,(H,16,17,18);1H/t9-,10-;/m0./s1. The van der Waals surface area contributed by atoms with Gasteiger partial charge in [0.05, 0.1) is 5.69 Å². The monoisotopic (exact) mass is 315 g/mol. The van der Waals surface area contributed by atoms with Crippen LogP contribution in [0.25, 0.3) is 0 Å². The number of nitrogens with one attached hydrogen (secondary N) is 2. The Balaban J connectivity index is 0.00000147. The minimum Gasteiger partial charge on any atom is -0.314 e. The van der Waals surface area contributed by atoms with Gasteiger partial charge in [-0.3, -0.25) is 4.79 Å². The molecule has 3 rings (SSSR count). The molecule has 1 aliphatic heterocycles. The first kappa shape index (κ1) is 15.7. The van der Waals surface area contributed by atoms with Crippen molar-refractivity contribution < 1.29 is 4.79 Å². The number of hydrogen-bond acceptors (Lipinski definition) is 4. The van der Waals surface area contributed by atoms with Crippen molar-refractivity contribution in [3.8, 4) is 0 Å². The fraction of sp³-hybridized carbons (Fsp3) is 0.714. The van der Waals surface area contributed by atoms with Crippen molar-refractivity contribution in [1.82, 2.24) is 10.3 Å². The van der Waals surface area contributed by atoms with Crippen LogP contribution in [0.1, 0.15) is 43.2 Å².